The van der Waals surface area contributed by atoms with Crippen LogP contribution in [0.2, 0.25) is 0 Å². The Morgan fingerprint density at radius 2 is 2.18 bits per heavy atom. The number of nitrogens with one attached hydrogen (secondary N) is 1. The van der Waals surface area contributed by atoms with E-state index in [0.717, 1.165) is 0 Å². The van der Waals surface area contributed by atoms with E-state index < -0.39 is 35.6 Å². The first-order valence-corrected chi connectivity index (χ1v) is 4.81. The van der Waals surface area contributed by atoms with Crippen LogP contribution in [0.25, 0.3) is 0 Å². The molecule has 1 rings (SSSR count). The van der Waals surface area contributed by atoms with Crippen molar-refractivity contribution in [3.63, 3.8) is 0 Å². The SMILES string of the molecule is CCOC(=O)Cc1[nH]cc(C(F)F)c(=O)c1F. The number of hydrogen-bond acceptors (Lipinski definition) is 3. The van der Waals surface area contributed by atoms with Crippen LogP contribution in [0.4, 0.5) is 13.2 Å². The van der Waals surface area contributed by atoms with Crippen molar-refractivity contribution in [2.75, 3.05) is 6.61 Å². The normalized spacial score (nSPS) is 10.6. The average Bonchev–Trinajstić information content (AvgIpc) is 2.25. The van der Waals surface area contributed by atoms with E-state index in [0.29, 0.717) is 6.20 Å². The van der Waals surface area contributed by atoms with Gasteiger partial charge >= 0.3 is 5.97 Å². The quantitative estimate of drug-likeness (QED) is 0.824. The Kier molecular flexibility index (Phi) is 4.30. The third kappa shape index (κ3) is 3.08. The van der Waals surface area contributed by atoms with E-state index in [4.69, 9.17) is 0 Å². The minimum Gasteiger partial charge on any atom is -0.466 e. The molecule has 1 aromatic rings. The van der Waals surface area contributed by atoms with Crippen LogP contribution < -0.4 is 5.43 Å². The molecule has 0 bridgehead atoms. The summed E-state index contributed by atoms with van der Waals surface area (Å²) >= 11 is 0. The van der Waals surface area contributed by atoms with Crippen LogP contribution in [0.3, 0.4) is 0 Å². The molecule has 0 spiro atoms. The molecule has 0 aliphatic heterocycles. The maximum absolute atomic E-state index is 13.3. The molecule has 94 valence electrons. The number of aromatic nitrogens is 1. The van der Waals surface area contributed by atoms with Gasteiger partial charge in [0.05, 0.1) is 24.3 Å². The number of hydrogen-bond donors (Lipinski definition) is 1. The Morgan fingerprint density at radius 3 is 2.71 bits per heavy atom. The fourth-order valence-electron chi connectivity index (χ4n) is 1.20. The molecule has 7 heteroatoms. The Bertz CT molecular complexity index is 470. The summed E-state index contributed by atoms with van der Waals surface area (Å²) in [6, 6.07) is 0. The van der Waals surface area contributed by atoms with Crippen molar-refractivity contribution in [3.05, 3.63) is 33.5 Å². The van der Waals surface area contributed by atoms with E-state index in [-0.39, 0.29) is 12.3 Å². The van der Waals surface area contributed by atoms with Crippen molar-refractivity contribution >= 4 is 5.97 Å². The number of esters is 1. The van der Waals surface area contributed by atoms with E-state index in [1.165, 1.54) is 0 Å². The number of carbonyl (C=O) groups excluding carboxylic acids is 1. The van der Waals surface area contributed by atoms with Gasteiger partial charge in [-0.1, -0.05) is 0 Å². The van der Waals surface area contributed by atoms with Gasteiger partial charge in [-0.3, -0.25) is 9.59 Å². The van der Waals surface area contributed by atoms with Crippen molar-refractivity contribution in [1.82, 2.24) is 4.98 Å². The van der Waals surface area contributed by atoms with E-state index >= 15 is 0 Å². The summed E-state index contributed by atoms with van der Waals surface area (Å²) in [5.41, 5.74) is -2.73. The number of carbonyl (C=O) groups is 1. The van der Waals surface area contributed by atoms with Crippen LogP contribution in [0.5, 0.6) is 0 Å². The average molecular weight is 249 g/mol. The molecule has 1 heterocycles. The standard InChI is InChI=1S/C10H10F3NO3/c1-2-17-7(15)3-6-8(11)9(16)5(4-14-6)10(12)13/h4,10H,2-3H2,1H3,(H,14,16). The number of alkyl halides is 2. The molecule has 4 nitrogen and oxygen atoms in total. The highest BCUT2D eigenvalue weighted by Gasteiger charge is 2.19. The lowest BCUT2D eigenvalue weighted by Crippen LogP contribution is -2.20. The van der Waals surface area contributed by atoms with Crippen LogP contribution >= 0.6 is 0 Å². The number of pyridine rings is 1. The van der Waals surface area contributed by atoms with Crippen molar-refractivity contribution in [2.45, 2.75) is 19.8 Å². The van der Waals surface area contributed by atoms with Gasteiger partial charge in [0.2, 0.25) is 5.43 Å². The molecule has 1 aromatic heterocycles. The molecule has 0 saturated carbocycles. The Morgan fingerprint density at radius 1 is 1.53 bits per heavy atom. The second-order valence-electron chi connectivity index (χ2n) is 3.15. The highest BCUT2D eigenvalue weighted by molar-refractivity contribution is 5.72. The lowest BCUT2D eigenvalue weighted by molar-refractivity contribution is -0.142. The molecule has 17 heavy (non-hydrogen) atoms. The molecule has 0 radical (unpaired) electrons. The summed E-state index contributed by atoms with van der Waals surface area (Å²) < 4.78 is 42.4. The van der Waals surface area contributed by atoms with Gasteiger partial charge in [0.1, 0.15) is 0 Å². The van der Waals surface area contributed by atoms with Crippen LogP contribution in [-0.2, 0) is 16.0 Å². The first-order chi connectivity index (χ1) is 7.97. The van der Waals surface area contributed by atoms with Crippen LogP contribution in [0.1, 0.15) is 24.6 Å². The predicted octanol–water partition coefficient (Wildman–Crippen LogP) is 1.56. The largest absolute Gasteiger partial charge is 0.466 e. The van der Waals surface area contributed by atoms with Gasteiger partial charge in [-0.2, -0.15) is 0 Å². The second-order valence-corrected chi connectivity index (χ2v) is 3.15. The van der Waals surface area contributed by atoms with Crippen molar-refractivity contribution in [3.8, 4) is 0 Å². The van der Waals surface area contributed by atoms with Gasteiger partial charge in [0.15, 0.2) is 5.82 Å². The molecule has 0 atom stereocenters. The lowest BCUT2D eigenvalue weighted by Gasteiger charge is -2.05. The second kappa shape index (κ2) is 5.51. The summed E-state index contributed by atoms with van der Waals surface area (Å²) in [7, 11) is 0. The first-order valence-electron chi connectivity index (χ1n) is 4.81. The summed E-state index contributed by atoms with van der Waals surface area (Å²) in [6.07, 6.45) is -2.87. The summed E-state index contributed by atoms with van der Waals surface area (Å²) in [5.74, 6) is -2.12. The fraction of sp³-hybridized carbons (Fsp3) is 0.400. The van der Waals surface area contributed by atoms with Crippen molar-refractivity contribution in [1.29, 1.82) is 0 Å². The van der Waals surface area contributed by atoms with E-state index in [1.54, 1.807) is 6.92 Å². The molecule has 0 aliphatic rings. The zero-order chi connectivity index (χ0) is 13.0. The topological polar surface area (TPSA) is 59.2 Å². The molecule has 0 aliphatic carbocycles. The Labute approximate surface area is 94.4 Å². The van der Waals surface area contributed by atoms with Gasteiger partial charge in [-0.25, -0.2) is 13.2 Å². The monoisotopic (exact) mass is 249 g/mol. The van der Waals surface area contributed by atoms with Gasteiger partial charge < -0.3 is 9.72 Å². The number of aromatic amines is 1. The van der Waals surface area contributed by atoms with Crippen LogP contribution in [-0.4, -0.2) is 17.6 Å². The molecular formula is C10H10F3NO3. The third-order valence-corrected chi connectivity index (χ3v) is 1.99. The van der Waals surface area contributed by atoms with E-state index in [9.17, 15) is 22.8 Å². The van der Waals surface area contributed by atoms with E-state index in [2.05, 4.69) is 9.72 Å². The van der Waals surface area contributed by atoms with Gasteiger partial charge in [0, 0.05) is 6.20 Å². The zero-order valence-electron chi connectivity index (χ0n) is 8.93. The molecule has 0 aromatic carbocycles. The molecule has 0 unspecified atom stereocenters. The third-order valence-electron chi connectivity index (χ3n) is 1.99. The van der Waals surface area contributed by atoms with Gasteiger partial charge in [-0.05, 0) is 6.92 Å². The highest BCUT2D eigenvalue weighted by atomic mass is 19.3. The molecular weight excluding hydrogens is 239 g/mol. The zero-order valence-corrected chi connectivity index (χ0v) is 8.93. The fourth-order valence-corrected chi connectivity index (χ4v) is 1.20. The highest BCUT2D eigenvalue weighted by Crippen LogP contribution is 2.15. The number of rotatable bonds is 4. The Hall–Kier alpha value is -1.79. The summed E-state index contributed by atoms with van der Waals surface area (Å²) in [5, 5.41) is 0. The molecule has 0 saturated heterocycles. The van der Waals surface area contributed by atoms with Crippen molar-refractivity contribution < 1.29 is 22.7 Å². The number of halogens is 3. The number of H-pyrrole nitrogens is 1. The Balaban J connectivity index is 3.01. The first kappa shape index (κ1) is 13.3. The lowest BCUT2D eigenvalue weighted by atomic mass is 10.2. The van der Waals surface area contributed by atoms with Crippen LogP contribution in [0, 0.1) is 5.82 Å². The predicted molar refractivity (Wildman–Crippen MR) is 52.3 cm³/mol. The minimum atomic E-state index is -3.06. The molecule has 1 N–H and O–H groups in total. The number of ether oxygens (including phenoxy) is 1. The summed E-state index contributed by atoms with van der Waals surface area (Å²) in [4.78, 5) is 24.3. The van der Waals surface area contributed by atoms with Gasteiger partial charge in [0.25, 0.3) is 6.43 Å². The molecule has 0 fully saturated rings. The smallest absolute Gasteiger partial charge is 0.311 e. The van der Waals surface area contributed by atoms with Crippen LogP contribution in [0.15, 0.2) is 11.0 Å². The maximum Gasteiger partial charge on any atom is 0.311 e. The maximum atomic E-state index is 13.3. The molecule has 0 amide bonds. The summed E-state index contributed by atoms with van der Waals surface area (Å²) in [6.45, 7) is 1.68. The van der Waals surface area contributed by atoms with Crippen molar-refractivity contribution in [2.24, 2.45) is 0 Å². The van der Waals surface area contributed by atoms with E-state index in [1.807, 2.05) is 0 Å². The van der Waals surface area contributed by atoms with Gasteiger partial charge in [-0.15, -0.1) is 0 Å². The minimum absolute atomic E-state index is 0.111.